The van der Waals surface area contributed by atoms with Crippen LogP contribution in [0.5, 0.6) is 0 Å². The molecular formula is C9H18N-. The van der Waals surface area contributed by atoms with Gasteiger partial charge in [0.25, 0.3) is 0 Å². The maximum absolute atomic E-state index is 4.01. The lowest BCUT2D eigenvalue weighted by Gasteiger charge is -2.36. The SMILES string of the molecule is [CH2-]N(CC)C1CCCCC1. The van der Waals surface area contributed by atoms with Crippen LogP contribution >= 0.6 is 0 Å². The molecule has 0 spiro atoms. The molecule has 0 aliphatic heterocycles. The van der Waals surface area contributed by atoms with Gasteiger partial charge in [-0.25, -0.2) is 0 Å². The second kappa shape index (κ2) is 3.97. The van der Waals surface area contributed by atoms with E-state index < -0.39 is 0 Å². The van der Waals surface area contributed by atoms with Crippen molar-refractivity contribution in [1.82, 2.24) is 4.90 Å². The van der Waals surface area contributed by atoms with Gasteiger partial charge in [0.2, 0.25) is 0 Å². The fourth-order valence-corrected chi connectivity index (χ4v) is 1.70. The Morgan fingerprint density at radius 3 is 2.40 bits per heavy atom. The molecule has 1 aliphatic rings. The zero-order chi connectivity index (χ0) is 7.40. The van der Waals surface area contributed by atoms with Gasteiger partial charge in [0.15, 0.2) is 0 Å². The van der Waals surface area contributed by atoms with E-state index in [4.69, 9.17) is 0 Å². The van der Waals surface area contributed by atoms with Crippen LogP contribution in [0.2, 0.25) is 0 Å². The zero-order valence-corrected chi connectivity index (χ0v) is 6.97. The van der Waals surface area contributed by atoms with Crippen molar-refractivity contribution in [3.05, 3.63) is 7.05 Å². The fourth-order valence-electron chi connectivity index (χ4n) is 1.70. The lowest BCUT2D eigenvalue weighted by atomic mass is 9.95. The lowest BCUT2D eigenvalue weighted by Crippen LogP contribution is -2.31. The Bertz CT molecular complexity index is 84.7. The highest BCUT2D eigenvalue weighted by atomic mass is 15.1. The van der Waals surface area contributed by atoms with Gasteiger partial charge in [0, 0.05) is 0 Å². The molecule has 1 nitrogen and oxygen atoms in total. The van der Waals surface area contributed by atoms with E-state index in [-0.39, 0.29) is 0 Å². The summed E-state index contributed by atoms with van der Waals surface area (Å²) in [6.07, 6.45) is 7.01. The van der Waals surface area contributed by atoms with Crippen LogP contribution in [0.4, 0.5) is 0 Å². The third kappa shape index (κ3) is 1.98. The first-order valence-corrected chi connectivity index (χ1v) is 4.41. The van der Waals surface area contributed by atoms with Crippen molar-refractivity contribution in [3.63, 3.8) is 0 Å². The molecule has 0 aromatic heterocycles. The quantitative estimate of drug-likeness (QED) is 0.532. The summed E-state index contributed by atoms with van der Waals surface area (Å²) in [5.74, 6) is 0. The molecule has 1 heteroatoms. The maximum atomic E-state index is 4.01. The average molecular weight is 140 g/mol. The molecule has 0 saturated heterocycles. The normalized spacial score (nSPS) is 21.9. The molecule has 0 aromatic carbocycles. The first-order valence-electron chi connectivity index (χ1n) is 4.41. The van der Waals surface area contributed by atoms with Crippen LogP contribution in [0.15, 0.2) is 0 Å². The van der Waals surface area contributed by atoms with Gasteiger partial charge in [0.05, 0.1) is 0 Å². The summed E-state index contributed by atoms with van der Waals surface area (Å²) in [5, 5.41) is 0. The predicted octanol–water partition coefficient (Wildman–Crippen LogP) is 2.43. The molecule has 0 aromatic rings. The summed E-state index contributed by atoms with van der Waals surface area (Å²) in [6, 6.07) is 0.791. The van der Waals surface area contributed by atoms with Crippen molar-refractivity contribution >= 4 is 0 Å². The Hall–Kier alpha value is -0.0400. The number of rotatable bonds is 2. The monoisotopic (exact) mass is 140 g/mol. The summed E-state index contributed by atoms with van der Waals surface area (Å²) in [5.41, 5.74) is 0. The van der Waals surface area contributed by atoms with E-state index in [2.05, 4.69) is 18.9 Å². The minimum Gasteiger partial charge on any atom is -0.457 e. The molecule has 10 heavy (non-hydrogen) atoms. The molecule has 0 amide bonds. The summed E-state index contributed by atoms with van der Waals surface area (Å²) in [4.78, 5) is 2.24. The highest BCUT2D eigenvalue weighted by Crippen LogP contribution is 2.21. The predicted molar refractivity (Wildman–Crippen MR) is 44.6 cm³/mol. The molecule has 1 rings (SSSR count). The van der Waals surface area contributed by atoms with Gasteiger partial charge in [0.1, 0.15) is 0 Å². The van der Waals surface area contributed by atoms with Crippen LogP contribution in [0.25, 0.3) is 0 Å². The largest absolute Gasteiger partial charge is 0.457 e. The Morgan fingerprint density at radius 2 is 1.90 bits per heavy atom. The fraction of sp³-hybridized carbons (Fsp3) is 0.889. The minimum atomic E-state index is 0.791. The van der Waals surface area contributed by atoms with Crippen molar-refractivity contribution < 1.29 is 0 Å². The van der Waals surface area contributed by atoms with E-state index in [9.17, 15) is 0 Å². The van der Waals surface area contributed by atoms with Crippen LogP contribution in [0.3, 0.4) is 0 Å². The third-order valence-corrected chi connectivity index (χ3v) is 2.50. The molecule has 60 valence electrons. The Morgan fingerprint density at radius 1 is 1.30 bits per heavy atom. The smallest absolute Gasteiger partial charge is 0.0185 e. The molecule has 1 saturated carbocycles. The minimum absolute atomic E-state index is 0.791. The highest BCUT2D eigenvalue weighted by Gasteiger charge is 2.12. The maximum Gasteiger partial charge on any atom is -0.0185 e. The second-order valence-corrected chi connectivity index (χ2v) is 3.20. The van der Waals surface area contributed by atoms with Gasteiger partial charge in [-0.1, -0.05) is 26.2 Å². The van der Waals surface area contributed by atoms with Gasteiger partial charge in [-0.2, -0.15) is 0 Å². The van der Waals surface area contributed by atoms with Crippen LogP contribution in [0.1, 0.15) is 39.0 Å². The third-order valence-electron chi connectivity index (χ3n) is 2.50. The first kappa shape index (κ1) is 8.06. The van der Waals surface area contributed by atoms with Crippen molar-refractivity contribution in [2.75, 3.05) is 6.54 Å². The molecule has 1 aliphatic carbocycles. The lowest BCUT2D eigenvalue weighted by molar-refractivity contribution is 0.222. The van der Waals surface area contributed by atoms with Crippen LogP contribution < -0.4 is 0 Å². The summed E-state index contributed by atoms with van der Waals surface area (Å²) in [6.45, 7) is 3.28. The number of nitrogens with zero attached hydrogens (tertiary/aromatic N) is 1. The van der Waals surface area contributed by atoms with E-state index >= 15 is 0 Å². The van der Waals surface area contributed by atoms with Gasteiger partial charge < -0.3 is 4.90 Å². The summed E-state index contributed by atoms with van der Waals surface area (Å²) < 4.78 is 0. The van der Waals surface area contributed by atoms with E-state index in [1.165, 1.54) is 32.1 Å². The molecule has 1 fully saturated rings. The van der Waals surface area contributed by atoms with Gasteiger partial charge in [-0.3, -0.25) is 7.05 Å². The Kier molecular flexibility index (Phi) is 3.20. The van der Waals surface area contributed by atoms with Crippen LogP contribution in [0, 0.1) is 7.05 Å². The van der Waals surface area contributed by atoms with Gasteiger partial charge in [-0.05, 0) is 25.4 Å². The molecule has 0 N–H and O–H groups in total. The topological polar surface area (TPSA) is 3.24 Å². The molecule has 0 heterocycles. The van der Waals surface area contributed by atoms with Crippen molar-refractivity contribution in [2.24, 2.45) is 0 Å². The van der Waals surface area contributed by atoms with Crippen LogP contribution in [-0.4, -0.2) is 17.5 Å². The number of hydrogen-bond donors (Lipinski definition) is 0. The average Bonchev–Trinajstić information content (AvgIpc) is 2.05. The molecule has 0 unspecified atom stereocenters. The summed E-state index contributed by atoms with van der Waals surface area (Å²) >= 11 is 0. The Balaban J connectivity index is 2.24. The van der Waals surface area contributed by atoms with E-state index in [0.717, 1.165) is 12.6 Å². The van der Waals surface area contributed by atoms with Crippen molar-refractivity contribution in [1.29, 1.82) is 0 Å². The van der Waals surface area contributed by atoms with Crippen molar-refractivity contribution in [2.45, 2.75) is 45.1 Å². The van der Waals surface area contributed by atoms with E-state index in [0.29, 0.717) is 0 Å². The molecule has 0 radical (unpaired) electrons. The summed E-state index contributed by atoms with van der Waals surface area (Å²) in [7, 11) is 4.01. The Labute approximate surface area is 64.4 Å². The number of hydrogen-bond acceptors (Lipinski definition) is 1. The zero-order valence-electron chi connectivity index (χ0n) is 6.97. The van der Waals surface area contributed by atoms with Crippen molar-refractivity contribution in [3.8, 4) is 0 Å². The first-order chi connectivity index (χ1) is 4.84. The second-order valence-electron chi connectivity index (χ2n) is 3.20. The standard InChI is InChI=1S/C9H18N/c1-3-10(2)9-7-5-4-6-8-9/h9H,2-8H2,1H3/q-1. The highest BCUT2D eigenvalue weighted by molar-refractivity contribution is 4.73. The van der Waals surface area contributed by atoms with E-state index in [1.807, 2.05) is 0 Å². The molecular weight excluding hydrogens is 122 g/mol. The molecule has 0 atom stereocenters. The van der Waals surface area contributed by atoms with E-state index in [1.54, 1.807) is 0 Å². The van der Waals surface area contributed by atoms with Gasteiger partial charge >= 0.3 is 0 Å². The van der Waals surface area contributed by atoms with Crippen LogP contribution in [-0.2, 0) is 0 Å². The molecule has 0 bridgehead atoms. The van der Waals surface area contributed by atoms with Gasteiger partial charge in [-0.15, -0.1) is 0 Å².